The average Bonchev–Trinajstić information content (AvgIpc) is 3.23. The zero-order valence-corrected chi connectivity index (χ0v) is 21.0. The topological polar surface area (TPSA) is 217 Å². The number of anilines is 1. The van der Waals surface area contributed by atoms with Gasteiger partial charge in [0, 0.05) is 10.9 Å². The zero-order chi connectivity index (χ0) is 28.5. The summed E-state index contributed by atoms with van der Waals surface area (Å²) in [6.45, 7) is 7.17. The maximum Gasteiger partial charge on any atom is 0.414 e. The molecule has 0 spiro atoms. The number of thiophene rings is 1. The lowest BCUT2D eigenvalue weighted by atomic mass is 10.0. The fourth-order valence-electron chi connectivity index (χ4n) is 2.33. The van der Waals surface area contributed by atoms with Gasteiger partial charge in [-0.3, -0.25) is 4.79 Å². The molecule has 2 aromatic rings. The first-order chi connectivity index (χ1) is 17.3. The van der Waals surface area contributed by atoms with Crippen molar-refractivity contribution in [2.75, 3.05) is 25.0 Å². The van der Waals surface area contributed by atoms with Crippen LogP contribution < -0.4 is 10.6 Å². The number of amides is 1. The molecule has 0 aliphatic carbocycles. The van der Waals surface area contributed by atoms with Gasteiger partial charge in [0.05, 0.1) is 13.2 Å². The smallest absolute Gasteiger partial charge is 0.414 e. The minimum Gasteiger partial charge on any atom is -0.473 e. The van der Waals surface area contributed by atoms with Crippen molar-refractivity contribution in [3.8, 4) is 11.1 Å². The molecule has 14 heteroatoms. The highest BCUT2D eigenvalue weighted by atomic mass is 32.1. The first kappa shape index (κ1) is 32.7. The van der Waals surface area contributed by atoms with Gasteiger partial charge < -0.3 is 35.8 Å². The standard InChI is InChI=1S/C19H24N2O3S.2C2H2O4/c1-4-24-19(23)17-15(14-8-6-5-7-9-14)12-25-18(17)21-16(22)11-20-10-13(2)3;2*3-1(4)2(5)6/h5-9,12-13,20H,4,10-11H2,1-3H3,(H,21,22);2*(H,3,4)(H,5,6). The quantitative estimate of drug-likeness (QED) is 0.209. The highest BCUT2D eigenvalue weighted by molar-refractivity contribution is 7.15. The second kappa shape index (κ2) is 17.2. The van der Waals surface area contributed by atoms with Crippen LogP contribution in [0.3, 0.4) is 0 Å². The second-order valence-electron chi connectivity index (χ2n) is 7.23. The van der Waals surface area contributed by atoms with Gasteiger partial charge in [0.15, 0.2) is 0 Å². The van der Waals surface area contributed by atoms with E-state index in [0.29, 0.717) is 16.5 Å². The summed E-state index contributed by atoms with van der Waals surface area (Å²) in [6.07, 6.45) is 0. The predicted molar refractivity (Wildman–Crippen MR) is 133 cm³/mol. The molecule has 0 saturated carbocycles. The third-order valence-corrected chi connectivity index (χ3v) is 4.71. The van der Waals surface area contributed by atoms with Crippen LogP contribution in [-0.2, 0) is 28.7 Å². The normalized spacial score (nSPS) is 9.62. The van der Waals surface area contributed by atoms with Crippen molar-refractivity contribution in [3.05, 3.63) is 41.3 Å². The number of carboxylic acids is 4. The molecular formula is C23H28N2O11S. The zero-order valence-electron chi connectivity index (χ0n) is 20.2. The van der Waals surface area contributed by atoms with Crippen molar-refractivity contribution in [2.45, 2.75) is 20.8 Å². The van der Waals surface area contributed by atoms with Crippen LogP contribution in [0.15, 0.2) is 35.7 Å². The van der Waals surface area contributed by atoms with E-state index in [0.717, 1.165) is 17.7 Å². The van der Waals surface area contributed by atoms with Crippen LogP contribution in [0.4, 0.5) is 5.00 Å². The van der Waals surface area contributed by atoms with Gasteiger partial charge in [-0.2, -0.15) is 0 Å². The van der Waals surface area contributed by atoms with E-state index in [1.54, 1.807) is 6.92 Å². The molecule has 1 aromatic carbocycles. The summed E-state index contributed by atoms with van der Waals surface area (Å²) in [7, 11) is 0. The van der Waals surface area contributed by atoms with Crippen LogP contribution in [0.25, 0.3) is 11.1 Å². The Morgan fingerprint density at radius 1 is 0.892 bits per heavy atom. The van der Waals surface area contributed by atoms with Gasteiger partial charge in [0.1, 0.15) is 10.6 Å². The van der Waals surface area contributed by atoms with Crippen molar-refractivity contribution in [1.82, 2.24) is 5.32 Å². The number of carbonyl (C=O) groups is 6. The molecule has 202 valence electrons. The highest BCUT2D eigenvalue weighted by Crippen LogP contribution is 2.36. The molecule has 2 rings (SSSR count). The number of nitrogens with one attached hydrogen (secondary N) is 2. The number of aliphatic carboxylic acids is 4. The minimum absolute atomic E-state index is 0.173. The van der Waals surface area contributed by atoms with E-state index in [2.05, 4.69) is 24.5 Å². The van der Waals surface area contributed by atoms with Gasteiger partial charge in [-0.05, 0) is 24.9 Å². The summed E-state index contributed by atoms with van der Waals surface area (Å²) >= 11 is 1.33. The first-order valence-corrected chi connectivity index (χ1v) is 11.5. The Labute approximate surface area is 215 Å². The number of hydrogen-bond acceptors (Lipinski definition) is 9. The van der Waals surface area contributed by atoms with Crippen LogP contribution in [0.1, 0.15) is 31.1 Å². The van der Waals surface area contributed by atoms with Crippen LogP contribution in [-0.4, -0.2) is 75.9 Å². The van der Waals surface area contributed by atoms with Crippen molar-refractivity contribution in [3.63, 3.8) is 0 Å². The first-order valence-electron chi connectivity index (χ1n) is 10.6. The molecule has 0 aliphatic heterocycles. The molecular weight excluding hydrogens is 512 g/mol. The van der Waals surface area contributed by atoms with Gasteiger partial charge in [0.25, 0.3) is 0 Å². The number of hydrogen-bond donors (Lipinski definition) is 6. The molecule has 1 aromatic heterocycles. The Hall–Kier alpha value is -4.30. The third-order valence-electron chi connectivity index (χ3n) is 3.81. The SMILES string of the molecule is CCOC(=O)c1c(-c2ccccc2)csc1NC(=O)CNCC(C)C.O=C(O)C(=O)O.O=C(O)C(=O)O. The molecule has 0 atom stereocenters. The molecule has 1 amide bonds. The lowest BCUT2D eigenvalue weighted by molar-refractivity contribution is -0.159. The van der Waals surface area contributed by atoms with E-state index >= 15 is 0 Å². The second-order valence-corrected chi connectivity index (χ2v) is 8.11. The van der Waals surface area contributed by atoms with Crippen LogP contribution in [0.2, 0.25) is 0 Å². The summed E-state index contributed by atoms with van der Waals surface area (Å²) < 4.78 is 5.18. The number of benzene rings is 1. The Morgan fingerprint density at radius 2 is 1.41 bits per heavy atom. The van der Waals surface area contributed by atoms with E-state index in [1.165, 1.54) is 11.3 Å². The summed E-state index contributed by atoms with van der Waals surface area (Å²) in [5, 5.41) is 37.9. The Kier molecular flexibility index (Phi) is 15.2. The number of rotatable bonds is 8. The third kappa shape index (κ3) is 13.4. The largest absolute Gasteiger partial charge is 0.473 e. The average molecular weight is 541 g/mol. The maximum atomic E-state index is 12.4. The van der Waals surface area contributed by atoms with E-state index in [1.807, 2.05) is 35.7 Å². The maximum absolute atomic E-state index is 12.4. The minimum atomic E-state index is -1.82. The Morgan fingerprint density at radius 3 is 1.84 bits per heavy atom. The molecule has 6 N–H and O–H groups in total. The van der Waals surface area contributed by atoms with Crippen LogP contribution >= 0.6 is 11.3 Å². The molecule has 37 heavy (non-hydrogen) atoms. The van der Waals surface area contributed by atoms with Gasteiger partial charge in [-0.1, -0.05) is 44.2 Å². The summed E-state index contributed by atoms with van der Waals surface area (Å²) in [5.74, 6) is -7.43. The number of esters is 1. The molecule has 0 fully saturated rings. The van der Waals surface area contributed by atoms with Crippen molar-refractivity contribution >= 4 is 52.1 Å². The molecule has 0 unspecified atom stereocenters. The summed E-state index contributed by atoms with van der Waals surface area (Å²) in [6, 6.07) is 9.61. The van der Waals surface area contributed by atoms with Crippen molar-refractivity contribution in [1.29, 1.82) is 0 Å². The van der Waals surface area contributed by atoms with Crippen molar-refractivity contribution in [2.24, 2.45) is 5.92 Å². The van der Waals surface area contributed by atoms with Gasteiger partial charge in [0.2, 0.25) is 5.91 Å². The van der Waals surface area contributed by atoms with Gasteiger partial charge >= 0.3 is 29.8 Å². The molecule has 0 saturated heterocycles. The Balaban J connectivity index is 0.000000896. The lowest BCUT2D eigenvalue weighted by Crippen LogP contribution is -2.30. The number of carbonyl (C=O) groups excluding carboxylic acids is 2. The predicted octanol–water partition coefficient (Wildman–Crippen LogP) is 2.09. The molecule has 0 radical (unpaired) electrons. The van der Waals surface area contributed by atoms with E-state index < -0.39 is 29.8 Å². The van der Waals surface area contributed by atoms with Crippen LogP contribution in [0.5, 0.6) is 0 Å². The van der Waals surface area contributed by atoms with Gasteiger partial charge in [-0.25, -0.2) is 24.0 Å². The van der Waals surface area contributed by atoms with E-state index in [4.69, 9.17) is 44.3 Å². The monoisotopic (exact) mass is 540 g/mol. The van der Waals surface area contributed by atoms with E-state index in [9.17, 15) is 9.59 Å². The van der Waals surface area contributed by atoms with Gasteiger partial charge in [-0.15, -0.1) is 11.3 Å². The molecule has 1 heterocycles. The summed E-state index contributed by atoms with van der Waals surface area (Å²) in [4.78, 5) is 61.0. The molecule has 0 bridgehead atoms. The molecule has 0 aliphatic rings. The number of carboxylic acid groups (broad SMARTS) is 4. The highest BCUT2D eigenvalue weighted by Gasteiger charge is 2.22. The fraction of sp³-hybridized carbons (Fsp3) is 0.304. The summed E-state index contributed by atoms with van der Waals surface area (Å²) in [5.41, 5.74) is 2.10. The van der Waals surface area contributed by atoms with Crippen molar-refractivity contribution < 1.29 is 53.9 Å². The fourth-order valence-corrected chi connectivity index (χ4v) is 3.30. The number of ether oxygens (including phenoxy) is 1. The lowest BCUT2D eigenvalue weighted by Gasteiger charge is -2.10. The van der Waals surface area contributed by atoms with Crippen LogP contribution in [0, 0.1) is 5.92 Å². The molecule has 13 nitrogen and oxygen atoms in total. The van der Waals surface area contributed by atoms with E-state index in [-0.39, 0.29) is 19.1 Å². The Bertz CT molecular complexity index is 1030.